The second kappa shape index (κ2) is 16.0. The number of hydrogen-bond donors (Lipinski definition) is 0. The summed E-state index contributed by atoms with van der Waals surface area (Å²) in [6, 6.07) is 14.8. The quantitative estimate of drug-likeness (QED) is 0.152. The van der Waals surface area contributed by atoms with Crippen LogP contribution in [0.5, 0.6) is 0 Å². The fourth-order valence-corrected chi connectivity index (χ4v) is 8.00. The number of pyridine rings is 1. The van der Waals surface area contributed by atoms with Gasteiger partial charge in [0.15, 0.2) is 0 Å². The number of benzene rings is 2. The summed E-state index contributed by atoms with van der Waals surface area (Å²) in [7, 11) is 5.31. The highest BCUT2D eigenvalue weighted by atomic mass is 79.9. The zero-order valence-electron chi connectivity index (χ0n) is 29.0. The van der Waals surface area contributed by atoms with Gasteiger partial charge in [0.2, 0.25) is 0 Å². The summed E-state index contributed by atoms with van der Waals surface area (Å²) < 4.78 is 18.1. The Bertz CT molecular complexity index is 1870. The van der Waals surface area contributed by atoms with E-state index in [1.807, 2.05) is 19.2 Å². The van der Waals surface area contributed by atoms with Gasteiger partial charge in [0, 0.05) is 62.4 Å². The Morgan fingerprint density at radius 1 is 0.729 bits per heavy atom. The van der Waals surface area contributed by atoms with Gasteiger partial charge in [0.25, 0.3) is 5.56 Å². The van der Waals surface area contributed by atoms with E-state index in [-0.39, 0.29) is 5.56 Å². The maximum absolute atomic E-state index is 12.1. The van der Waals surface area contributed by atoms with E-state index in [9.17, 15) is 4.79 Å². The molecule has 2 aromatic carbocycles. The van der Waals surface area contributed by atoms with Crippen LogP contribution in [0.3, 0.4) is 0 Å². The molecule has 0 saturated heterocycles. The van der Waals surface area contributed by atoms with Gasteiger partial charge in [-0.3, -0.25) is 4.79 Å². The first-order chi connectivity index (χ1) is 23.4. The lowest BCUT2D eigenvalue weighted by Gasteiger charge is -2.22. The van der Waals surface area contributed by atoms with Gasteiger partial charge in [-0.05, 0) is 80.1 Å². The SMILES string of the molecule is COCCn1c(C2CCCCC2)nc2ccc(-c3cc(C)c(=O)n(C)c3)cc21.COCCn1c(C2CCCCC2)nc2ccc(Br)cc21. The molecule has 0 unspecified atom stereocenters. The second-order valence-corrected chi connectivity index (χ2v) is 14.5. The van der Waals surface area contributed by atoms with Crippen molar-refractivity contribution in [2.75, 3.05) is 27.4 Å². The summed E-state index contributed by atoms with van der Waals surface area (Å²) in [4.78, 5) is 22.0. The lowest BCUT2D eigenvalue weighted by molar-refractivity contribution is 0.186. The first kappa shape index (κ1) is 34.6. The Labute approximate surface area is 292 Å². The minimum absolute atomic E-state index is 0.0505. The highest BCUT2D eigenvalue weighted by Crippen LogP contribution is 2.36. The van der Waals surface area contributed by atoms with Crippen LogP contribution in [0.2, 0.25) is 0 Å². The molecule has 2 aliphatic rings. The number of aromatic nitrogens is 5. The van der Waals surface area contributed by atoms with Crippen molar-refractivity contribution in [1.82, 2.24) is 23.7 Å². The van der Waals surface area contributed by atoms with Crippen molar-refractivity contribution < 1.29 is 9.47 Å². The van der Waals surface area contributed by atoms with Crippen LogP contribution < -0.4 is 5.56 Å². The smallest absolute Gasteiger partial charge is 0.253 e. The number of aryl methyl sites for hydroxylation is 2. The van der Waals surface area contributed by atoms with Crippen molar-refractivity contribution in [3.8, 4) is 11.1 Å². The number of methoxy groups -OCH3 is 2. The minimum atomic E-state index is 0.0505. The Morgan fingerprint density at radius 3 is 1.77 bits per heavy atom. The molecular weight excluding hydrogens is 666 g/mol. The van der Waals surface area contributed by atoms with E-state index >= 15 is 0 Å². The third-order valence-electron chi connectivity index (χ3n) is 10.2. The molecule has 0 bridgehead atoms. The van der Waals surface area contributed by atoms with E-state index in [0.29, 0.717) is 18.4 Å². The largest absolute Gasteiger partial charge is 0.383 e. The van der Waals surface area contributed by atoms with Gasteiger partial charge in [-0.1, -0.05) is 60.5 Å². The Balaban J connectivity index is 0.000000177. The summed E-state index contributed by atoms with van der Waals surface area (Å²) in [5.41, 5.74) is 7.50. The number of halogens is 1. The molecule has 8 nitrogen and oxygen atoms in total. The zero-order chi connectivity index (χ0) is 33.6. The van der Waals surface area contributed by atoms with E-state index in [0.717, 1.165) is 57.4 Å². The Kier molecular flexibility index (Phi) is 11.5. The lowest BCUT2D eigenvalue weighted by Crippen LogP contribution is -2.18. The monoisotopic (exact) mass is 715 g/mol. The molecule has 2 fully saturated rings. The van der Waals surface area contributed by atoms with Crippen LogP contribution in [0, 0.1) is 6.92 Å². The van der Waals surface area contributed by atoms with Gasteiger partial charge in [0.05, 0.1) is 35.3 Å². The topological polar surface area (TPSA) is 76.1 Å². The molecule has 9 heteroatoms. The number of imidazole rings is 2. The van der Waals surface area contributed by atoms with Crippen LogP contribution in [0.15, 0.2) is 57.9 Å². The van der Waals surface area contributed by atoms with Gasteiger partial charge >= 0.3 is 0 Å². The first-order valence-electron chi connectivity index (χ1n) is 17.7. The van der Waals surface area contributed by atoms with Crippen LogP contribution in [0.25, 0.3) is 33.2 Å². The average Bonchev–Trinajstić information content (AvgIpc) is 3.67. The van der Waals surface area contributed by atoms with E-state index in [1.165, 1.54) is 81.4 Å². The molecule has 0 aliphatic heterocycles. The highest BCUT2D eigenvalue weighted by Gasteiger charge is 2.24. The summed E-state index contributed by atoms with van der Waals surface area (Å²) >= 11 is 3.57. The van der Waals surface area contributed by atoms with Crippen LogP contribution in [-0.4, -0.2) is 51.1 Å². The van der Waals surface area contributed by atoms with E-state index < -0.39 is 0 Å². The summed E-state index contributed by atoms with van der Waals surface area (Å²) in [6.07, 6.45) is 14.9. The molecule has 0 radical (unpaired) electrons. The van der Waals surface area contributed by atoms with Crippen molar-refractivity contribution in [2.24, 2.45) is 7.05 Å². The van der Waals surface area contributed by atoms with Gasteiger partial charge < -0.3 is 23.2 Å². The van der Waals surface area contributed by atoms with E-state index in [2.05, 4.69) is 61.5 Å². The van der Waals surface area contributed by atoms with Crippen molar-refractivity contribution in [1.29, 1.82) is 0 Å². The molecular formula is C39H50BrN5O3. The summed E-state index contributed by atoms with van der Waals surface area (Å²) in [5, 5.41) is 0. The number of ether oxygens (including phenoxy) is 2. The predicted molar refractivity (Wildman–Crippen MR) is 198 cm³/mol. The Morgan fingerprint density at radius 2 is 1.25 bits per heavy atom. The minimum Gasteiger partial charge on any atom is -0.383 e. The fourth-order valence-electron chi connectivity index (χ4n) is 7.65. The maximum Gasteiger partial charge on any atom is 0.253 e. The normalized spacial score (nSPS) is 16.0. The molecule has 48 heavy (non-hydrogen) atoms. The summed E-state index contributed by atoms with van der Waals surface area (Å²) in [6.45, 7) is 4.98. The van der Waals surface area contributed by atoms with Crippen molar-refractivity contribution in [3.63, 3.8) is 0 Å². The molecule has 256 valence electrons. The Hall–Kier alpha value is -3.27. The lowest BCUT2D eigenvalue weighted by atomic mass is 9.88. The molecule has 3 aromatic heterocycles. The third kappa shape index (κ3) is 7.63. The molecule has 0 amide bonds. The fraction of sp³-hybridized carbons (Fsp3) is 0.513. The van der Waals surface area contributed by atoms with E-state index in [4.69, 9.17) is 19.4 Å². The molecule has 5 aromatic rings. The molecule has 2 aliphatic carbocycles. The standard InChI is InChI=1S/C23H29N3O2.C16H21BrN2O/c1-16-13-19(15-25(2)23(16)27)18-9-10-20-21(14-18)26(11-12-28-3)22(24-20)17-7-5-4-6-8-17;1-20-10-9-19-15-11-13(17)7-8-14(15)18-16(19)12-5-3-2-4-6-12/h9-10,13-15,17H,4-8,11-12H2,1-3H3;7-8,11-12H,2-6,9-10H2,1H3. The molecule has 0 spiro atoms. The van der Waals surface area contributed by atoms with E-state index in [1.54, 1.807) is 25.8 Å². The number of rotatable bonds is 9. The van der Waals surface area contributed by atoms with Crippen molar-refractivity contribution in [3.05, 3.63) is 80.7 Å². The van der Waals surface area contributed by atoms with Crippen LogP contribution in [0.1, 0.15) is 93.3 Å². The second-order valence-electron chi connectivity index (χ2n) is 13.6. The molecule has 2 saturated carbocycles. The third-order valence-corrected chi connectivity index (χ3v) is 10.7. The van der Waals surface area contributed by atoms with Crippen LogP contribution in [-0.2, 0) is 29.6 Å². The number of hydrogen-bond acceptors (Lipinski definition) is 5. The molecule has 0 atom stereocenters. The van der Waals surface area contributed by atoms with Gasteiger partial charge in [0.1, 0.15) is 11.6 Å². The van der Waals surface area contributed by atoms with Crippen molar-refractivity contribution in [2.45, 2.75) is 96.1 Å². The number of nitrogens with zero attached hydrogens (tertiary/aromatic N) is 5. The average molecular weight is 717 g/mol. The van der Waals surface area contributed by atoms with Gasteiger partial charge in [-0.2, -0.15) is 0 Å². The van der Waals surface area contributed by atoms with Crippen molar-refractivity contribution >= 4 is 38.0 Å². The predicted octanol–water partition coefficient (Wildman–Crippen LogP) is 8.90. The summed E-state index contributed by atoms with van der Waals surface area (Å²) in [5.74, 6) is 3.63. The maximum atomic E-state index is 12.1. The van der Waals surface area contributed by atoms with Gasteiger partial charge in [-0.15, -0.1) is 0 Å². The zero-order valence-corrected chi connectivity index (χ0v) is 30.6. The number of fused-ring (bicyclic) bond motifs is 2. The van der Waals surface area contributed by atoms with Crippen LogP contribution >= 0.6 is 15.9 Å². The molecule has 7 rings (SSSR count). The molecule has 3 heterocycles. The molecule has 0 N–H and O–H groups in total. The van der Waals surface area contributed by atoms with Gasteiger partial charge in [-0.25, -0.2) is 9.97 Å². The first-order valence-corrected chi connectivity index (χ1v) is 18.5. The highest BCUT2D eigenvalue weighted by molar-refractivity contribution is 9.10. The van der Waals surface area contributed by atoms with Crippen LogP contribution in [0.4, 0.5) is 0 Å².